The van der Waals surface area contributed by atoms with E-state index in [4.69, 9.17) is 9.47 Å². The number of hydrogen-bond acceptors (Lipinski definition) is 5. The van der Waals surface area contributed by atoms with E-state index >= 15 is 0 Å². The van der Waals surface area contributed by atoms with Gasteiger partial charge in [0.05, 0.1) is 13.2 Å². The highest BCUT2D eigenvalue weighted by Gasteiger charge is 2.23. The minimum absolute atomic E-state index is 0.235. The fourth-order valence-corrected chi connectivity index (χ4v) is 2.34. The van der Waals surface area contributed by atoms with Gasteiger partial charge in [0.1, 0.15) is 10.7 Å². The van der Waals surface area contributed by atoms with Crippen molar-refractivity contribution in [2.24, 2.45) is 0 Å². The fourth-order valence-electron chi connectivity index (χ4n) is 1.94. The van der Waals surface area contributed by atoms with Crippen LogP contribution in [0.5, 0.6) is 0 Å². The molecule has 2 heterocycles. The first-order valence-corrected chi connectivity index (χ1v) is 6.78. The summed E-state index contributed by atoms with van der Waals surface area (Å²) in [7, 11) is 1.39. The number of nitrogens with zero attached hydrogens (tertiary/aromatic N) is 2. The van der Waals surface area contributed by atoms with Crippen LogP contribution in [-0.2, 0) is 9.47 Å². The molecule has 0 saturated carbocycles. The summed E-state index contributed by atoms with van der Waals surface area (Å²) in [5.74, 6) is -0.329. The minimum atomic E-state index is -0.329. The molecule has 0 unspecified atom stereocenters. The Bertz CT molecular complexity index is 399. The molecular weight excluding hydrogens is 240 g/mol. The van der Waals surface area contributed by atoms with E-state index in [0.29, 0.717) is 5.69 Å². The van der Waals surface area contributed by atoms with Crippen LogP contribution in [0.25, 0.3) is 0 Å². The molecule has 0 aliphatic carbocycles. The third kappa shape index (κ3) is 2.63. The van der Waals surface area contributed by atoms with Gasteiger partial charge in [-0.1, -0.05) is 0 Å². The monoisotopic (exact) mass is 256 g/mol. The van der Waals surface area contributed by atoms with Gasteiger partial charge in [0.2, 0.25) is 0 Å². The van der Waals surface area contributed by atoms with Crippen molar-refractivity contribution >= 4 is 17.7 Å². The van der Waals surface area contributed by atoms with Crippen molar-refractivity contribution < 1.29 is 14.3 Å². The normalized spacial score (nSPS) is 17.1. The number of hydrogen-bond donors (Lipinski definition) is 0. The SMILES string of the molecule is COC(=O)c1cc(SC)nn1C1CCOCC1. The summed E-state index contributed by atoms with van der Waals surface area (Å²) in [6, 6.07) is 2.02. The van der Waals surface area contributed by atoms with E-state index in [0.717, 1.165) is 31.1 Å². The second-order valence-electron chi connectivity index (χ2n) is 3.85. The lowest BCUT2D eigenvalue weighted by molar-refractivity contribution is 0.0525. The molecule has 1 fully saturated rings. The second-order valence-corrected chi connectivity index (χ2v) is 4.68. The molecule has 1 aliphatic heterocycles. The number of aromatic nitrogens is 2. The Labute approximate surface area is 104 Å². The van der Waals surface area contributed by atoms with Crippen molar-refractivity contribution in [3.63, 3.8) is 0 Å². The van der Waals surface area contributed by atoms with Gasteiger partial charge in [-0.3, -0.25) is 4.68 Å². The molecule has 0 amide bonds. The van der Waals surface area contributed by atoms with Crippen molar-refractivity contribution in [2.45, 2.75) is 23.9 Å². The van der Waals surface area contributed by atoms with Crippen LogP contribution in [-0.4, -0.2) is 42.3 Å². The summed E-state index contributed by atoms with van der Waals surface area (Å²) >= 11 is 1.52. The predicted octanol–water partition coefficient (Wildman–Crippen LogP) is 1.74. The average Bonchev–Trinajstić information content (AvgIpc) is 2.83. The van der Waals surface area contributed by atoms with Crippen molar-refractivity contribution in [3.8, 4) is 0 Å². The maximum absolute atomic E-state index is 11.7. The number of carbonyl (C=O) groups excluding carboxylic acids is 1. The highest BCUT2D eigenvalue weighted by atomic mass is 32.2. The molecule has 1 aromatic rings. The molecule has 94 valence electrons. The molecule has 5 nitrogen and oxygen atoms in total. The van der Waals surface area contributed by atoms with Crippen molar-refractivity contribution in [3.05, 3.63) is 11.8 Å². The lowest BCUT2D eigenvalue weighted by Gasteiger charge is -2.23. The van der Waals surface area contributed by atoms with E-state index < -0.39 is 0 Å². The largest absolute Gasteiger partial charge is 0.464 e. The van der Waals surface area contributed by atoms with Crippen LogP contribution in [0.2, 0.25) is 0 Å². The highest BCUT2D eigenvalue weighted by molar-refractivity contribution is 7.98. The van der Waals surface area contributed by atoms with Crippen molar-refractivity contribution in [1.29, 1.82) is 0 Å². The Hall–Kier alpha value is -1.01. The van der Waals surface area contributed by atoms with Crippen LogP contribution in [0, 0.1) is 0 Å². The number of carbonyl (C=O) groups is 1. The molecule has 1 aromatic heterocycles. The molecule has 1 aliphatic rings. The van der Waals surface area contributed by atoms with Gasteiger partial charge in [-0.2, -0.15) is 5.10 Å². The van der Waals surface area contributed by atoms with Crippen LogP contribution in [0.3, 0.4) is 0 Å². The average molecular weight is 256 g/mol. The number of rotatable bonds is 3. The van der Waals surface area contributed by atoms with Gasteiger partial charge < -0.3 is 9.47 Å². The first-order valence-electron chi connectivity index (χ1n) is 5.56. The van der Waals surface area contributed by atoms with Gasteiger partial charge in [0.25, 0.3) is 0 Å². The molecule has 0 N–H and O–H groups in total. The summed E-state index contributed by atoms with van der Waals surface area (Å²) in [5, 5.41) is 5.29. The second kappa shape index (κ2) is 5.55. The summed E-state index contributed by atoms with van der Waals surface area (Å²) in [4.78, 5) is 11.7. The van der Waals surface area contributed by atoms with E-state index in [1.54, 1.807) is 10.7 Å². The van der Waals surface area contributed by atoms with Crippen LogP contribution in [0.15, 0.2) is 11.1 Å². The number of esters is 1. The smallest absolute Gasteiger partial charge is 0.356 e. The summed E-state index contributed by atoms with van der Waals surface area (Å²) in [6.07, 6.45) is 3.72. The standard InChI is InChI=1S/C11H16N2O3S/c1-15-11(14)9-7-10(17-2)12-13(9)8-3-5-16-6-4-8/h7-8H,3-6H2,1-2H3. The van der Waals surface area contributed by atoms with Gasteiger partial charge in [-0.15, -0.1) is 11.8 Å². The van der Waals surface area contributed by atoms with E-state index in [9.17, 15) is 4.79 Å². The van der Waals surface area contributed by atoms with Gasteiger partial charge >= 0.3 is 5.97 Å². The van der Waals surface area contributed by atoms with Crippen LogP contribution >= 0.6 is 11.8 Å². The first-order chi connectivity index (χ1) is 8.26. The summed E-state index contributed by atoms with van der Waals surface area (Å²) < 4.78 is 11.9. The van der Waals surface area contributed by atoms with E-state index in [2.05, 4.69) is 5.10 Å². The molecule has 0 bridgehead atoms. The van der Waals surface area contributed by atoms with Crippen LogP contribution in [0.1, 0.15) is 29.4 Å². The summed E-state index contributed by atoms with van der Waals surface area (Å²) in [5.41, 5.74) is 0.531. The zero-order valence-corrected chi connectivity index (χ0v) is 10.8. The Morgan fingerprint density at radius 1 is 1.59 bits per heavy atom. The predicted molar refractivity (Wildman–Crippen MR) is 64.4 cm³/mol. The fraction of sp³-hybridized carbons (Fsp3) is 0.636. The van der Waals surface area contributed by atoms with Gasteiger partial charge in [-0.05, 0) is 19.1 Å². The molecule has 17 heavy (non-hydrogen) atoms. The summed E-state index contributed by atoms with van der Waals surface area (Å²) in [6.45, 7) is 1.44. The van der Waals surface area contributed by atoms with Crippen LogP contribution < -0.4 is 0 Å². The number of ether oxygens (including phenoxy) is 2. The van der Waals surface area contributed by atoms with E-state index in [-0.39, 0.29) is 12.0 Å². The maximum Gasteiger partial charge on any atom is 0.356 e. The molecule has 0 spiro atoms. The molecule has 2 rings (SSSR count). The van der Waals surface area contributed by atoms with E-state index in [1.165, 1.54) is 18.9 Å². The van der Waals surface area contributed by atoms with E-state index in [1.807, 2.05) is 6.26 Å². The zero-order valence-electron chi connectivity index (χ0n) is 10.0. The Morgan fingerprint density at radius 2 is 2.29 bits per heavy atom. The van der Waals surface area contributed by atoms with Crippen molar-refractivity contribution in [2.75, 3.05) is 26.6 Å². The van der Waals surface area contributed by atoms with Crippen molar-refractivity contribution in [1.82, 2.24) is 9.78 Å². The first kappa shape index (κ1) is 12.4. The molecule has 0 radical (unpaired) electrons. The van der Waals surface area contributed by atoms with Gasteiger partial charge in [0, 0.05) is 19.3 Å². The number of thioether (sulfide) groups is 1. The quantitative estimate of drug-likeness (QED) is 0.609. The maximum atomic E-state index is 11.7. The number of methoxy groups -OCH3 is 1. The Morgan fingerprint density at radius 3 is 2.88 bits per heavy atom. The Kier molecular flexibility index (Phi) is 4.06. The minimum Gasteiger partial charge on any atom is -0.464 e. The third-order valence-electron chi connectivity index (χ3n) is 2.85. The Balaban J connectivity index is 2.29. The lowest BCUT2D eigenvalue weighted by atomic mass is 10.1. The molecule has 1 saturated heterocycles. The third-order valence-corrected chi connectivity index (χ3v) is 3.47. The molecular formula is C11H16N2O3S. The van der Waals surface area contributed by atoms with Crippen LogP contribution in [0.4, 0.5) is 0 Å². The highest BCUT2D eigenvalue weighted by Crippen LogP contribution is 2.25. The topological polar surface area (TPSA) is 53.3 Å². The zero-order chi connectivity index (χ0) is 12.3. The molecule has 0 atom stereocenters. The molecule has 6 heteroatoms. The lowest BCUT2D eigenvalue weighted by Crippen LogP contribution is -2.23. The van der Waals surface area contributed by atoms with Gasteiger partial charge in [-0.25, -0.2) is 4.79 Å². The molecule has 0 aromatic carbocycles. The van der Waals surface area contributed by atoms with Gasteiger partial charge in [0.15, 0.2) is 0 Å².